The van der Waals surface area contributed by atoms with Crippen LogP contribution in [0.4, 0.5) is 0 Å². The maximum absolute atomic E-state index is 6.07. The summed E-state index contributed by atoms with van der Waals surface area (Å²) >= 11 is 0. The molecule has 0 aromatic heterocycles. The highest BCUT2D eigenvalue weighted by atomic mass is 28.5. The van der Waals surface area contributed by atoms with Crippen molar-refractivity contribution >= 4 is 25.4 Å². The number of hydrogen-bond acceptors (Lipinski definition) is 3. The minimum absolute atomic E-state index is 0. The average Bonchev–Trinajstić information content (AvgIpc) is 1.78. The molecule has 0 aliphatic carbocycles. The van der Waals surface area contributed by atoms with Gasteiger partial charge in [-0.25, -0.2) is 0 Å². The van der Waals surface area contributed by atoms with Crippen molar-refractivity contribution in [2.75, 3.05) is 7.11 Å². The first-order chi connectivity index (χ1) is 5.97. The zero-order valence-corrected chi connectivity index (χ0v) is 13.7. The van der Waals surface area contributed by atoms with E-state index in [2.05, 4.69) is 45.8 Å². The van der Waals surface area contributed by atoms with E-state index < -0.39 is 25.4 Å². The SMILES string of the molecule is C.C.CO[Si](C)(C)O[Si](C)(C)O[Si](C)(C)C. The molecule has 0 aromatic carbocycles. The summed E-state index contributed by atoms with van der Waals surface area (Å²) in [6, 6.07) is 0. The average molecular weight is 285 g/mol. The van der Waals surface area contributed by atoms with E-state index in [0.29, 0.717) is 0 Å². The highest BCUT2D eigenvalue weighted by molar-refractivity contribution is 6.85. The van der Waals surface area contributed by atoms with Crippen LogP contribution in [0.3, 0.4) is 0 Å². The van der Waals surface area contributed by atoms with Crippen molar-refractivity contribution in [1.29, 1.82) is 0 Å². The van der Waals surface area contributed by atoms with Gasteiger partial charge in [0.05, 0.1) is 0 Å². The largest absolute Gasteiger partial charge is 0.437 e. The fourth-order valence-electron chi connectivity index (χ4n) is 1.39. The van der Waals surface area contributed by atoms with E-state index in [-0.39, 0.29) is 14.9 Å². The van der Waals surface area contributed by atoms with Crippen LogP contribution in [0.2, 0.25) is 45.8 Å². The minimum atomic E-state index is -2.00. The minimum Gasteiger partial charge on any atom is -0.437 e. The fraction of sp³-hybridized carbons (Fsp3) is 1.00. The molecule has 6 heteroatoms. The van der Waals surface area contributed by atoms with E-state index in [1.807, 2.05) is 0 Å². The van der Waals surface area contributed by atoms with Crippen LogP contribution < -0.4 is 0 Å². The van der Waals surface area contributed by atoms with Crippen LogP contribution in [0.5, 0.6) is 0 Å². The highest BCUT2D eigenvalue weighted by Crippen LogP contribution is 2.20. The standard InChI is InChI=1S/C8H24O3Si3.2CH4/c1-9-13(5,6)11-14(7,8)10-12(2,3)4;;/h1-8H3;2*1H4. The van der Waals surface area contributed by atoms with E-state index >= 15 is 0 Å². The molecule has 16 heavy (non-hydrogen) atoms. The van der Waals surface area contributed by atoms with Gasteiger partial charge < -0.3 is 12.7 Å². The normalized spacial score (nSPS) is 12.8. The molecule has 0 bridgehead atoms. The van der Waals surface area contributed by atoms with Gasteiger partial charge in [-0.2, -0.15) is 0 Å². The van der Waals surface area contributed by atoms with Crippen LogP contribution in [-0.2, 0) is 12.7 Å². The van der Waals surface area contributed by atoms with Crippen LogP contribution in [0.1, 0.15) is 14.9 Å². The Labute approximate surface area is 106 Å². The van der Waals surface area contributed by atoms with Crippen LogP contribution in [0.25, 0.3) is 0 Å². The molecule has 0 radical (unpaired) electrons. The monoisotopic (exact) mass is 284 g/mol. The predicted octanol–water partition coefficient (Wildman–Crippen LogP) is 4.18. The van der Waals surface area contributed by atoms with Gasteiger partial charge in [0, 0.05) is 7.11 Å². The van der Waals surface area contributed by atoms with Gasteiger partial charge in [0.25, 0.3) is 0 Å². The van der Waals surface area contributed by atoms with Gasteiger partial charge in [-0.05, 0) is 45.8 Å². The Morgan fingerprint density at radius 2 is 1.00 bits per heavy atom. The van der Waals surface area contributed by atoms with Crippen molar-refractivity contribution in [1.82, 2.24) is 0 Å². The zero-order valence-electron chi connectivity index (χ0n) is 10.7. The molecule has 3 nitrogen and oxygen atoms in total. The van der Waals surface area contributed by atoms with E-state index in [1.165, 1.54) is 0 Å². The van der Waals surface area contributed by atoms with Crippen molar-refractivity contribution in [3.63, 3.8) is 0 Å². The van der Waals surface area contributed by atoms with Crippen LogP contribution in [0.15, 0.2) is 0 Å². The second kappa shape index (κ2) is 7.07. The van der Waals surface area contributed by atoms with Crippen molar-refractivity contribution in [3.05, 3.63) is 0 Å². The maximum Gasteiger partial charge on any atom is 0.322 e. The molecule has 0 spiro atoms. The summed E-state index contributed by atoms with van der Waals surface area (Å²) in [5.74, 6) is 0. The lowest BCUT2D eigenvalue weighted by molar-refractivity contribution is 0.280. The zero-order chi connectivity index (χ0) is 11.6. The third-order valence-corrected chi connectivity index (χ3v) is 10.9. The summed E-state index contributed by atoms with van der Waals surface area (Å²) < 4.78 is 17.5. The second-order valence-electron chi connectivity index (χ2n) is 5.32. The molecule has 0 N–H and O–H groups in total. The summed E-state index contributed by atoms with van der Waals surface area (Å²) in [6.07, 6.45) is 0. The molecule has 0 aliphatic rings. The van der Waals surface area contributed by atoms with E-state index in [0.717, 1.165) is 0 Å². The Hall–Kier alpha value is 0.531. The van der Waals surface area contributed by atoms with Crippen LogP contribution in [-0.4, -0.2) is 32.5 Å². The number of rotatable bonds is 5. The summed E-state index contributed by atoms with van der Waals surface area (Å²) in [4.78, 5) is 0. The lowest BCUT2D eigenvalue weighted by Crippen LogP contribution is -2.52. The Morgan fingerprint density at radius 3 is 1.25 bits per heavy atom. The van der Waals surface area contributed by atoms with Gasteiger partial charge in [-0.15, -0.1) is 0 Å². The summed E-state index contributed by atoms with van der Waals surface area (Å²) in [6.45, 7) is 14.9. The Bertz CT molecular complexity index is 188. The lowest BCUT2D eigenvalue weighted by Gasteiger charge is -2.36. The molecule has 0 heterocycles. The molecule has 0 aromatic rings. The molecule has 0 unspecified atom stereocenters. The highest BCUT2D eigenvalue weighted by Gasteiger charge is 2.38. The molecule has 102 valence electrons. The quantitative estimate of drug-likeness (QED) is 0.709. The van der Waals surface area contributed by atoms with Gasteiger partial charge in [0.1, 0.15) is 0 Å². The van der Waals surface area contributed by atoms with Gasteiger partial charge >= 0.3 is 17.1 Å². The molecule has 0 aliphatic heterocycles. The summed E-state index contributed by atoms with van der Waals surface area (Å²) in [5, 5.41) is 0. The molecule has 0 atom stereocenters. The third kappa shape index (κ3) is 11.0. The first kappa shape index (κ1) is 21.8. The molecule has 0 saturated heterocycles. The summed E-state index contributed by atoms with van der Waals surface area (Å²) in [7, 11) is -3.74. The lowest BCUT2D eigenvalue weighted by atomic mass is 11.8. The third-order valence-electron chi connectivity index (χ3n) is 1.54. The van der Waals surface area contributed by atoms with Crippen LogP contribution >= 0.6 is 0 Å². The van der Waals surface area contributed by atoms with Gasteiger partial charge in [-0.3, -0.25) is 0 Å². The molecule has 0 saturated carbocycles. The Balaban J connectivity index is -0.000000845. The van der Waals surface area contributed by atoms with E-state index in [1.54, 1.807) is 7.11 Å². The topological polar surface area (TPSA) is 27.7 Å². The fourth-order valence-corrected chi connectivity index (χ4v) is 12.9. The molecular formula is C10H32O3Si3. The first-order valence-electron chi connectivity index (χ1n) is 4.93. The molecule has 0 amide bonds. The molecular weight excluding hydrogens is 252 g/mol. The van der Waals surface area contributed by atoms with Gasteiger partial charge in [0.15, 0.2) is 8.32 Å². The maximum atomic E-state index is 6.07. The van der Waals surface area contributed by atoms with Gasteiger partial charge in [0.2, 0.25) is 0 Å². The van der Waals surface area contributed by atoms with Crippen LogP contribution in [0, 0.1) is 0 Å². The van der Waals surface area contributed by atoms with Crippen molar-refractivity contribution in [2.45, 2.75) is 60.7 Å². The molecule has 0 rings (SSSR count). The number of hydrogen-bond donors (Lipinski definition) is 0. The first-order valence-corrected chi connectivity index (χ1v) is 14.0. The summed E-state index contributed by atoms with van der Waals surface area (Å²) in [5.41, 5.74) is 0. The smallest absolute Gasteiger partial charge is 0.322 e. The van der Waals surface area contributed by atoms with Crippen molar-refractivity contribution in [3.8, 4) is 0 Å². The Morgan fingerprint density at radius 1 is 0.625 bits per heavy atom. The van der Waals surface area contributed by atoms with E-state index in [4.69, 9.17) is 12.7 Å². The van der Waals surface area contributed by atoms with Crippen molar-refractivity contribution in [2.24, 2.45) is 0 Å². The van der Waals surface area contributed by atoms with Gasteiger partial charge in [-0.1, -0.05) is 14.9 Å². The predicted molar refractivity (Wildman–Crippen MR) is 81.0 cm³/mol. The van der Waals surface area contributed by atoms with Crippen molar-refractivity contribution < 1.29 is 12.7 Å². The molecule has 0 fully saturated rings. The second-order valence-corrected chi connectivity index (χ2v) is 17.2. The van der Waals surface area contributed by atoms with E-state index in [9.17, 15) is 0 Å². The Kier molecular flexibility index (Phi) is 9.63.